The lowest BCUT2D eigenvalue weighted by atomic mass is 10.3. The Kier molecular flexibility index (Phi) is 4.90. The lowest BCUT2D eigenvalue weighted by Crippen LogP contribution is -2.39. The van der Waals surface area contributed by atoms with Crippen molar-refractivity contribution in [1.82, 2.24) is 10.6 Å². The van der Waals surface area contributed by atoms with Gasteiger partial charge in [-0.25, -0.2) is 4.79 Å². The lowest BCUT2D eigenvalue weighted by molar-refractivity contribution is 0.240. The molecule has 2 amide bonds. The average molecular weight is 154 g/mol. The monoisotopic (exact) mass is 154 g/mol. The van der Waals surface area contributed by atoms with E-state index in [1.807, 2.05) is 6.92 Å². The molecular weight excluding hydrogens is 140 g/mol. The highest BCUT2D eigenvalue weighted by Gasteiger charge is 1.99. The second kappa shape index (κ2) is 5.53. The standard InChI is InChI=1S/C8H14N2O/c1-4-6-9-8(11)10-7(3)5-2/h4-5,7H,1-2,6H2,3H3,(H2,9,10,11). The summed E-state index contributed by atoms with van der Waals surface area (Å²) in [6.07, 6.45) is 3.28. The molecule has 0 saturated heterocycles. The van der Waals surface area contributed by atoms with Crippen LogP contribution in [-0.2, 0) is 0 Å². The Balaban J connectivity index is 3.51. The number of urea groups is 1. The molecule has 0 aliphatic rings. The summed E-state index contributed by atoms with van der Waals surface area (Å²) in [4.78, 5) is 10.9. The van der Waals surface area contributed by atoms with Crippen molar-refractivity contribution in [2.45, 2.75) is 13.0 Å². The molecule has 0 radical (unpaired) electrons. The van der Waals surface area contributed by atoms with Crippen molar-refractivity contribution in [2.75, 3.05) is 6.54 Å². The normalized spacial score (nSPS) is 11.4. The van der Waals surface area contributed by atoms with Crippen LogP contribution in [0.25, 0.3) is 0 Å². The quantitative estimate of drug-likeness (QED) is 0.584. The zero-order valence-corrected chi connectivity index (χ0v) is 6.76. The molecule has 0 aromatic rings. The van der Waals surface area contributed by atoms with Crippen LogP contribution in [0.5, 0.6) is 0 Å². The number of hydrogen-bond acceptors (Lipinski definition) is 1. The highest BCUT2D eigenvalue weighted by molar-refractivity contribution is 5.74. The number of nitrogens with one attached hydrogen (secondary N) is 2. The molecule has 0 fully saturated rings. The first kappa shape index (κ1) is 9.75. The molecule has 0 aromatic carbocycles. The molecular formula is C8H14N2O. The van der Waals surface area contributed by atoms with E-state index in [9.17, 15) is 4.79 Å². The second-order valence-corrected chi connectivity index (χ2v) is 2.17. The number of hydrogen-bond donors (Lipinski definition) is 2. The van der Waals surface area contributed by atoms with Crippen LogP contribution in [0.15, 0.2) is 25.3 Å². The van der Waals surface area contributed by atoms with E-state index in [0.29, 0.717) is 6.54 Å². The van der Waals surface area contributed by atoms with Crippen LogP contribution in [0.4, 0.5) is 4.79 Å². The summed E-state index contributed by atoms with van der Waals surface area (Å²) < 4.78 is 0. The molecule has 0 aromatic heterocycles. The predicted molar refractivity (Wildman–Crippen MR) is 46.4 cm³/mol. The van der Waals surface area contributed by atoms with Crippen LogP contribution in [0.2, 0.25) is 0 Å². The van der Waals surface area contributed by atoms with Gasteiger partial charge in [0.25, 0.3) is 0 Å². The highest BCUT2D eigenvalue weighted by Crippen LogP contribution is 1.79. The SMILES string of the molecule is C=CCNC(=O)NC(C)C=C. The summed E-state index contributed by atoms with van der Waals surface area (Å²) in [5.74, 6) is 0. The van der Waals surface area contributed by atoms with E-state index in [-0.39, 0.29) is 12.1 Å². The second-order valence-electron chi connectivity index (χ2n) is 2.17. The molecule has 0 rings (SSSR count). The highest BCUT2D eigenvalue weighted by atomic mass is 16.2. The van der Waals surface area contributed by atoms with Crippen molar-refractivity contribution in [3.8, 4) is 0 Å². The van der Waals surface area contributed by atoms with Gasteiger partial charge in [-0.2, -0.15) is 0 Å². The third-order valence-electron chi connectivity index (χ3n) is 1.12. The Morgan fingerprint density at radius 3 is 2.73 bits per heavy atom. The molecule has 0 saturated carbocycles. The van der Waals surface area contributed by atoms with Gasteiger partial charge in [0.05, 0.1) is 0 Å². The van der Waals surface area contributed by atoms with Crippen molar-refractivity contribution in [3.63, 3.8) is 0 Å². The Morgan fingerprint density at radius 1 is 1.64 bits per heavy atom. The van der Waals surface area contributed by atoms with Gasteiger partial charge in [0.15, 0.2) is 0 Å². The first-order valence-electron chi connectivity index (χ1n) is 3.48. The van der Waals surface area contributed by atoms with E-state index in [1.54, 1.807) is 12.2 Å². The zero-order chi connectivity index (χ0) is 8.69. The Hall–Kier alpha value is -1.25. The fourth-order valence-corrected chi connectivity index (χ4v) is 0.482. The Labute approximate surface area is 67.2 Å². The summed E-state index contributed by atoms with van der Waals surface area (Å²) in [5.41, 5.74) is 0. The van der Waals surface area contributed by atoms with Crippen molar-refractivity contribution in [3.05, 3.63) is 25.3 Å². The summed E-state index contributed by atoms with van der Waals surface area (Å²) in [6.45, 7) is 9.33. The summed E-state index contributed by atoms with van der Waals surface area (Å²) >= 11 is 0. The summed E-state index contributed by atoms with van der Waals surface area (Å²) in [7, 11) is 0. The van der Waals surface area contributed by atoms with Crippen LogP contribution in [0.3, 0.4) is 0 Å². The van der Waals surface area contributed by atoms with E-state index < -0.39 is 0 Å². The molecule has 1 atom stereocenters. The van der Waals surface area contributed by atoms with Crippen molar-refractivity contribution in [2.24, 2.45) is 0 Å². The van der Waals surface area contributed by atoms with Crippen molar-refractivity contribution >= 4 is 6.03 Å². The molecule has 11 heavy (non-hydrogen) atoms. The average Bonchev–Trinajstić information content (AvgIpc) is 2.00. The van der Waals surface area contributed by atoms with Gasteiger partial charge >= 0.3 is 6.03 Å². The first-order chi connectivity index (χ1) is 5.20. The molecule has 0 heterocycles. The minimum Gasteiger partial charge on any atom is -0.335 e. The zero-order valence-electron chi connectivity index (χ0n) is 6.76. The molecule has 0 spiro atoms. The van der Waals surface area contributed by atoms with Gasteiger partial charge in [-0.15, -0.1) is 13.2 Å². The van der Waals surface area contributed by atoms with Crippen LogP contribution in [0, 0.1) is 0 Å². The molecule has 0 aliphatic heterocycles. The van der Waals surface area contributed by atoms with Gasteiger partial charge in [-0.1, -0.05) is 12.2 Å². The number of carbonyl (C=O) groups excluding carboxylic acids is 1. The van der Waals surface area contributed by atoms with E-state index in [2.05, 4.69) is 23.8 Å². The van der Waals surface area contributed by atoms with E-state index in [1.165, 1.54) is 0 Å². The van der Waals surface area contributed by atoms with Crippen LogP contribution in [0.1, 0.15) is 6.92 Å². The number of rotatable bonds is 4. The molecule has 62 valence electrons. The maximum absolute atomic E-state index is 10.9. The van der Waals surface area contributed by atoms with E-state index in [0.717, 1.165) is 0 Å². The third-order valence-corrected chi connectivity index (χ3v) is 1.12. The van der Waals surface area contributed by atoms with Gasteiger partial charge < -0.3 is 10.6 Å². The maximum Gasteiger partial charge on any atom is 0.315 e. The van der Waals surface area contributed by atoms with Gasteiger partial charge in [-0.05, 0) is 6.92 Å². The maximum atomic E-state index is 10.9. The van der Waals surface area contributed by atoms with E-state index in [4.69, 9.17) is 0 Å². The minimum absolute atomic E-state index is 0.000171. The van der Waals surface area contributed by atoms with Crippen molar-refractivity contribution < 1.29 is 4.79 Å². The fraction of sp³-hybridized carbons (Fsp3) is 0.375. The van der Waals surface area contributed by atoms with Gasteiger partial charge in [0.2, 0.25) is 0 Å². The van der Waals surface area contributed by atoms with E-state index >= 15 is 0 Å². The van der Waals surface area contributed by atoms with Gasteiger partial charge in [0, 0.05) is 12.6 Å². The van der Waals surface area contributed by atoms with Crippen LogP contribution < -0.4 is 10.6 Å². The minimum atomic E-state index is -0.197. The third kappa shape index (κ3) is 5.21. The molecule has 0 aliphatic carbocycles. The first-order valence-corrected chi connectivity index (χ1v) is 3.48. The van der Waals surface area contributed by atoms with Crippen LogP contribution in [-0.4, -0.2) is 18.6 Å². The Morgan fingerprint density at radius 2 is 2.27 bits per heavy atom. The smallest absolute Gasteiger partial charge is 0.315 e. The fourth-order valence-electron chi connectivity index (χ4n) is 0.482. The predicted octanol–water partition coefficient (Wildman–Crippen LogP) is 1.05. The summed E-state index contributed by atoms with van der Waals surface area (Å²) in [6, 6.07) is -0.197. The number of amides is 2. The number of carbonyl (C=O) groups is 1. The van der Waals surface area contributed by atoms with Gasteiger partial charge in [-0.3, -0.25) is 0 Å². The molecule has 2 N–H and O–H groups in total. The Bertz CT molecular complexity index is 154. The molecule has 3 heteroatoms. The van der Waals surface area contributed by atoms with Crippen molar-refractivity contribution in [1.29, 1.82) is 0 Å². The van der Waals surface area contributed by atoms with Crippen LogP contribution >= 0.6 is 0 Å². The molecule has 1 unspecified atom stereocenters. The topological polar surface area (TPSA) is 41.1 Å². The van der Waals surface area contributed by atoms with Gasteiger partial charge in [0.1, 0.15) is 0 Å². The lowest BCUT2D eigenvalue weighted by Gasteiger charge is -2.08. The molecule has 3 nitrogen and oxygen atoms in total. The molecule has 0 bridgehead atoms. The summed E-state index contributed by atoms with van der Waals surface area (Å²) in [5, 5.41) is 5.23. The largest absolute Gasteiger partial charge is 0.335 e.